The highest BCUT2D eigenvalue weighted by Crippen LogP contribution is 2.28. The van der Waals surface area contributed by atoms with E-state index in [-0.39, 0.29) is 4.21 Å². The van der Waals surface area contributed by atoms with Crippen molar-refractivity contribution in [1.82, 2.24) is 4.98 Å². The molecule has 0 amide bonds. The van der Waals surface area contributed by atoms with Crippen LogP contribution in [0.3, 0.4) is 0 Å². The van der Waals surface area contributed by atoms with Crippen molar-refractivity contribution in [3.63, 3.8) is 0 Å². The van der Waals surface area contributed by atoms with Gasteiger partial charge in [0.1, 0.15) is 15.8 Å². The van der Waals surface area contributed by atoms with Crippen molar-refractivity contribution in [1.29, 1.82) is 0 Å². The van der Waals surface area contributed by atoms with Crippen LogP contribution < -0.4 is 14.8 Å². The zero-order valence-corrected chi connectivity index (χ0v) is 16.2. The Kier molecular flexibility index (Phi) is 5.15. The summed E-state index contributed by atoms with van der Waals surface area (Å²) in [7, 11) is -1.99. The lowest BCUT2D eigenvalue weighted by Gasteiger charge is -2.12. The van der Waals surface area contributed by atoms with E-state index in [1.54, 1.807) is 31.4 Å². The molecule has 0 bridgehead atoms. The molecule has 0 saturated carbocycles. The lowest BCUT2D eigenvalue weighted by atomic mass is 10.2. The highest BCUT2D eigenvalue weighted by atomic mass is 32.2. The molecule has 3 rings (SSSR count). The van der Waals surface area contributed by atoms with Crippen molar-refractivity contribution >= 4 is 38.6 Å². The van der Waals surface area contributed by atoms with Gasteiger partial charge in [0.25, 0.3) is 10.0 Å². The summed E-state index contributed by atoms with van der Waals surface area (Å²) in [6, 6.07) is 12.5. The van der Waals surface area contributed by atoms with Gasteiger partial charge in [-0.3, -0.25) is 4.72 Å². The number of hydrogen-bond acceptors (Lipinski definition) is 6. The standard InChI is InChI=1S/C18H19N3O3S2/c1-12-4-7-16(24-3)15(10-12)20-17-8-6-14(11-19-17)21-26(22,23)18-9-5-13(2)25-18/h4-11,21H,1-3H3,(H,19,20). The number of nitrogens with zero attached hydrogens (tertiary/aromatic N) is 1. The molecule has 1 aromatic carbocycles. The number of thiophene rings is 1. The number of rotatable bonds is 6. The van der Waals surface area contributed by atoms with E-state index < -0.39 is 10.0 Å². The van der Waals surface area contributed by atoms with E-state index in [1.807, 2.05) is 32.0 Å². The Morgan fingerprint density at radius 1 is 1.08 bits per heavy atom. The number of aromatic nitrogens is 1. The van der Waals surface area contributed by atoms with Crippen molar-refractivity contribution < 1.29 is 13.2 Å². The molecule has 2 aromatic heterocycles. The summed E-state index contributed by atoms with van der Waals surface area (Å²) in [5, 5.41) is 3.18. The van der Waals surface area contributed by atoms with Gasteiger partial charge in [0, 0.05) is 4.88 Å². The van der Waals surface area contributed by atoms with Crippen LogP contribution >= 0.6 is 11.3 Å². The summed E-state index contributed by atoms with van der Waals surface area (Å²) in [4.78, 5) is 5.21. The van der Waals surface area contributed by atoms with Crippen molar-refractivity contribution in [2.24, 2.45) is 0 Å². The zero-order chi connectivity index (χ0) is 18.7. The second-order valence-corrected chi connectivity index (χ2v) is 8.93. The molecule has 136 valence electrons. The number of anilines is 3. The Hall–Kier alpha value is -2.58. The van der Waals surface area contributed by atoms with Crippen LogP contribution in [0.15, 0.2) is 52.9 Å². The quantitative estimate of drug-likeness (QED) is 0.656. The van der Waals surface area contributed by atoms with Crippen molar-refractivity contribution in [3.05, 3.63) is 59.1 Å². The highest BCUT2D eigenvalue weighted by Gasteiger charge is 2.16. The van der Waals surface area contributed by atoms with Gasteiger partial charge in [-0.1, -0.05) is 6.07 Å². The molecule has 2 N–H and O–H groups in total. The van der Waals surface area contributed by atoms with E-state index in [0.29, 0.717) is 17.3 Å². The maximum absolute atomic E-state index is 12.4. The predicted molar refractivity (Wildman–Crippen MR) is 105 cm³/mol. The number of pyridine rings is 1. The fourth-order valence-electron chi connectivity index (χ4n) is 2.35. The predicted octanol–water partition coefficient (Wildman–Crippen LogP) is 4.31. The first kappa shape index (κ1) is 18.2. The monoisotopic (exact) mass is 389 g/mol. The molecule has 0 fully saturated rings. The van der Waals surface area contributed by atoms with Gasteiger partial charge in [-0.05, 0) is 55.8 Å². The third-order valence-electron chi connectivity index (χ3n) is 3.61. The molecule has 0 aliphatic heterocycles. The van der Waals surface area contributed by atoms with E-state index >= 15 is 0 Å². The van der Waals surface area contributed by atoms with E-state index in [1.165, 1.54) is 17.5 Å². The van der Waals surface area contributed by atoms with Crippen LogP contribution in [0.2, 0.25) is 0 Å². The zero-order valence-electron chi connectivity index (χ0n) is 14.6. The number of nitrogens with one attached hydrogen (secondary N) is 2. The number of ether oxygens (including phenoxy) is 1. The van der Waals surface area contributed by atoms with Crippen molar-refractivity contribution in [2.45, 2.75) is 18.1 Å². The molecule has 0 aliphatic rings. The molecule has 0 unspecified atom stereocenters. The third kappa shape index (κ3) is 4.14. The summed E-state index contributed by atoms with van der Waals surface area (Å²) < 4.78 is 32.9. The van der Waals surface area contributed by atoms with Crippen LogP contribution in [-0.4, -0.2) is 20.5 Å². The Morgan fingerprint density at radius 3 is 2.50 bits per heavy atom. The SMILES string of the molecule is COc1ccc(C)cc1Nc1ccc(NS(=O)(=O)c2ccc(C)s2)cn1. The largest absolute Gasteiger partial charge is 0.495 e. The lowest BCUT2D eigenvalue weighted by Crippen LogP contribution is -2.11. The molecule has 26 heavy (non-hydrogen) atoms. The van der Waals surface area contributed by atoms with Crippen molar-refractivity contribution in [2.75, 3.05) is 17.1 Å². The maximum atomic E-state index is 12.4. The van der Waals surface area contributed by atoms with Gasteiger partial charge in [0.2, 0.25) is 0 Å². The average Bonchev–Trinajstić information content (AvgIpc) is 3.04. The van der Waals surface area contributed by atoms with Crippen LogP contribution in [0.1, 0.15) is 10.4 Å². The molecular formula is C18H19N3O3S2. The van der Waals surface area contributed by atoms with Gasteiger partial charge in [-0.25, -0.2) is 13.4 Å². The number of benzene rings is 1. The first-order valence-corrected chi connectivity index (χ1v) is 10.1. The maximum Gasteiger partial charge on any atom is 0.271 e. The molecular weight excluding hydrogens is 370 g/mol. The molecule has 0 saturated heterocycles. The second-order valence-electron chi connectivity index (χ2n) is 5.73. The van der Waals surface area contributed by atoms with Crippen LogP contribution in [-0.2, 0) is 10.0 Å². The first-order chi connectivity index (χ1) is 12.4. The molecule has 0 atom stereocenters. The van der Waals surface area contributed by atoms with Crippen LogP contribution in [0.5, 0.6) is 5.75 Å². The van der Waals surface area contributed by atoms with Gasteiger partial charge in [0.05, 0.1) is 24.7 Å². The van der Waals surface area contributed by atoms with Gasteiger partial charge in [-0.2, -0.15) is 0 Å². The van der Waals surface area contributed by atoms with E-state index in [4.69, 9.17) is 4.74 Å². The Labute approximate surface area is 156 Å². The highest BCUT2D eigenvalue weighted by molar-refractivity contribution is 7.94. The fraction of sp³-hybridized carbons (Fsp3) is 0.167. The van der Waals surface area contributed by atoms with Crippen molar-refractivity contribution in [3.8, 4) is 5.75 Å². The summed E-state index contributed by atoms with van der Waals surface area (Å²) in [6.07, 6.45) is 1.47. The Bertz CT molecular complexity index is 1010. The summed E-state index contributed by atoms with van der Waals surface area (Å²) in [6.45, 7) is 3.85. The molecule has 6 nitrogen and oxygen atoms in total. The number of hydrogen-bond donors (Lipinski definition) is 2. The number of methoxy groups -OCH3 is 1. The van der Waals surface area contributed by atoms with E-state index in [9.17, 15) is 8.42 Å². The lowest BCUT2D eigenvalue weighted by molar-refractivity contribution is 0.416. The molecule has 0 radical (unpaired) electrons. The van der Waals surface area contributed by atoms with Gasteiger partial charge < -0.3 is 10.1 Å². The van der Waals surface area contributed by atoms with Crippen LogP contribution in [0.4, 0.5) is 17.2 Å². The average molecular weight is 390 g/mol. The topological polar surface area (TPSA) is 80.3 Å². The smallest absolute Gasteiger partial charge is 0.271 e. The minimum absolute atomic E-state index is 0.279. The third-order valence-corrected chi connectivity index (χ3v) is 6.49. The minimum Gasteiger partial charge on any atom is -0.495 e. The summed E-state index contributed by atoms with van der Waals surface area (Å²) >= 11 is 1.23. The summed E-state index contributed by atoms with van der Waals surface area (Å²) in [5.74, 6) is 1.29. The minimum atomic E-state index is -3.59. The molecule has 3 aromatic rings. The van der Waals surface area contributed by atoms with E-state index in [2.05, 4.69) is 15.0 Å². The van der Waals surface area contributed by atoms with Crippen LogP contribution in [0.25, 0.3) is 0 Å². The first-order valence-electron chi connectivity index (χ1n) is 7.84. The molecule has 0 spiro atoms. The molecule has 2 heterocycles. The van der Waals surface area contributed by atoms with Gasteiger partial charge in [-0.15, -0.1) is 11.3 Å². The number of sulfonamides is 1. The Morgan fingerprint density at radius 2 is 1.88 bits per heavy atom. The molecule has 8 heteroatoms. The Balaban J connectivity index is 1.76. The summed E-state index contributed by atoms with van der Waals surface area (Å²) in [5.41, 5.74) is 2.28. The second kappa shape index (κ2) is 7.35. The normalized spacial score (nSPS) is 11.2. The van der Waals surface area contributed by atoms with E-state index in [0.717, 1.165) is 16.1 Å². The van der Waals surface area contributed by atoms with Gasteiger partial charge in [0.15, 0.2) is 0 Å². The fourth-order valence-corrected chi connectivity index (χ4v) is 4.67. The van der Waals surface area contributed by atoms with Crippen LogP contribution in [0, 0.1) is 13.8 Å². The molecule has 0 aliphatic carbocycles. The van der Waals surface area contributed by atoms with Gasteiger partial charge >= 0.3 is 0 Å². The number of aryl methyl sites for hydroxylation is 2.